The highest BCUT2D eigenvalue weighted by Gasteiger charge is 2.10. The number of carbonyl (C=O) groups excluding carboxylic acids is 1. The predicted molar refractivity (Wildman–Crippen MR) is 110 cm³/mol. The molecule has 1 aromatic heterocycles. The topological polar surface area (TPSA) is 63.5 Å². The number of aryl methyl sites for hydroxylation is 1. The van der Waals surface area contributed by atoms with Gasteiger partial charge in [0.25, 0.3) is 0 Å². The van der Waals surface area contributed by atoms with Crippen LogP contribution in [0.1, 0.15) is 42.3 Å². The van der Waals surface area contributed by atoms with E-state index in [1.54, 1.807) is 6.26 Å². The summed E-state index contributed by atoms with van der Waals surface area (Å²) < 4.78 is 10.9. The van der Waals surface area contributed by atoms with Gasteiger partial charge >= 0.3 is 6.03 Å². The summed E-state index contributed by atoms with van der Waals surface area (Å²) in [5.74, 6) is 0.787. The lowest BCUT2D eigenvalue weighted by atomic mass is 10.1. The summed E-state index contributed by atoms with van der Waals surface area (Å²) in [7, 11) is 0. The van der Waals surface area contributed by atoms with Crippen molar-refractivity contribution in [3.8, 4) is 0 Å². The number of benzene rings is 2. The molecule has 0 aliphatic heterocycles. The molecule has 0 saturated heterocycles. The summed E-state index contributed by atoms with van der Waals surface area (Å²) >= 11 is 0. The quantitative estimate of drug-likeness (QED) is 0.548. The van der Waals surface area contributed by atoms with Gasteiger partial charge in [0.2, 0.25) is 0 Å². The summed E-state index contributed by atoms with van der Waals surface area (Å²) in [6.45, 7) is 4.96. The van der Waals surface area contributed by atoms with Gasteiger partial charge in [-0.2, -0.15) is 0 Å². The van der Waals surface area contributed by atoms with E-state index in [2.05, 4.69) is 41.8 Å². The molecular formula is C23H26N2O3. The fourth-order valence-electron chi connectivity index (χ4n) is 2.89. The van der Waals surface area contributed by atoms with Gasteiger partial charge in [-0.15, -0.1) is 0 Å². The third-order valence-electron chi connectivity index (χ3n) is 4.51. The lowest BCUT2D eigenvalue weighted by molar-refractivity contribution is 0.0930. The van der Waals surface area contributed by atoms with Crippen LogP contribution in [0.4, 0.5) is 10.5 Å². The minimum absolute atomic E-state index is 0.0780. The van der Waals surface area contributed by atoms with Crippen molar-refractivity contribution in [3.05, 3.63) is 89.4 Å². The molecule has 0 radical (unpaired) electrons. The Morgan fingerprint density at radius 3 is 2.57 bits per heavy atom. The van der Waals surface area contributed by atoms with E-state index in [-0.39, 0.29) is 12.1 Å². The van der Waals surface area contributed by atoms with Gasteiger partial charge in [0.05, 0.1) is 18.9 Å². The Bertz CT molecular complexity index is 873. The van der Waals surface area contributed by atoms with E-state index >= 15 is 0 Å². The fourth-order valence-corrected chi connectivity index (χ4v) is 2.89. The second-order valence-corrected chi connectivity index (χ2v) is 6.69. The van der Waals surface area contributed by atoms with Crippen LogP contribution in [-0.4, -0.2) is 6.03 Å². The number of hydrogen-bond acceptors (Lipinski definition) is 3. The van der Waals surface area contributed by atoms with E-state index in [1.807, 2.05) is 43.3 Å². The normalized spacial score (nSPS) is 11.8. The maximum absolute atomic E-state index is 12.3. The molecule has 2 aromatic carbocycles. The molecule has 2 N–H and O–H groups in total. The Kier molecular flexibility index (Phi) is 6.87. The summed E-state index contributed by atoms with van der Waals surface area (Å²) in [5.41, 5.74) is 4.07. The van der Waals surface area contributed by atoms with Gasteiger partial charge < -0.3 is 19.8 Å². The van der Waals surface area contributed by atoms with Crippen molar-refractivity contribution in [1.82, 2.24) is 5.32 Å². The van der Waals surface area contributed by atoms with Crippen LogP contribution in [0.2, 0.25) is 0 Å². The van der Waals surface area contributed by atoms with Crippen LogP contribution in [-0.2, 0) is 24.4 Å². The lowest BCUT2D eigenvalue weighted by Crippen LogP contribution is -2.31. The molecule has 0 aliphatic carbocycles. The van der Waals surface area contributed by atoms with E-state index in [0.29, 0.717) is 13.2 Å². The highest BCUT2D eigenvalue weighted by molar-refractivity contribution is 5.89. The zero-order chi connectivity index (χ0) is 19.8. The second-order valence-electron chi connectivity index (χ2n) is 6.69. The number of ether oxygens (including phenoxy) is 1. The Labute approximate surface area is 165 Å². The molecule has 1 atom stereocenters. The first kappa shape index (κ1) is 19.7. The van der Waals surface area contributed by atoms with E-state index < -0.39 is 0 Å². The van der Waals surface area contributed by atoms with Gasteiger partial charge in [0, 0.05) is 5.69 Å². The standard InChI is InChI=1S/C23H26N2O3/c1-3-18-9-11-20(12-10-18)17(2)24-23(26)25-21-7-4-6-19(14-21)15-27-16-22-8-5-13-28-22/h4-14,17H,3,15-16H2,1-2H3,(H2,24,25,26). The van der Waals surface area contributed by atoms with Gasteiger partial charge in [0.15, 0.2) is 0 Å². The number of urea groups is 1. The van der Waals surface area contributed by atoms with Gasteiger partial charge in [-0.1, -0.05) is 43.3 Å². The van der Waals surface area contributed by atoms with Crippen molar-refractivity contribution in [2.24, 2.45) is 0 Å². The van der Waals surface area contributed by atoms with Gasteiger partial charge in [-0.3, -0.25) is 0 Å². The van der Waals surface area contributed by atoms with Crippen molar-refractivity contribution in [2.75, 3.05) is 5.32 Å². The van der Waals surface area contributed by atoms with E-state index in [4.69, 9.17) is 9.15 Å². The molecule has 3 aromatic rings. The Morgan fingerprint density at radius 1 is 1.04 bits per heavy atom. The maximum atomic E-state index is 12.3. The summed E-state index contributed by atoms with van der Waals surface area (Å²) in [5, 5.41) is 5.86. The van der Waals surface area contributed by atoms with Gasteiger partial charge in [-0.05, 0) is 54.3 Å². The summed E-state index contributed by atoms with van der Waals surface area (Å²) in [6, 6.07) is 19.3. The molecule has 2 amide bonds. The number of carbonyl (C=O) groups is 1. The first-order valence-corrected chi connectivity index (χ1v) is 9.49. The van der Waals surface area contributed by atoms with Crippen molar-refractivity contribution >= 4 is 11.7 Å². The Morgan fingerprint density at radius 2 is 1.86 bits per heavy atom. The van der Waals surface area contributed by atoms with E-state index in [0.717, 1.165) is 29.0 Å². The minimum atomic E-state index is -0.235. The number of nitrogens with one attached hydrogen (secondary N) is 2. The zero-order valence-corrected chi connectivity index (χ0v) is 16.3. The monoisotopic (exact) mass is 378 g/mol. The van der Waals surface area contributed by atoms with E-state index in [9.17, 15) is 4.79 Å². The zero-order valence-electron chi connectivity index (χ0n) is 16.3. The number of rotatable bonds is 8. The maximum Gasteiger partial charge on any atom is 0.319 e. The first-order chi connectivity index (χ1) is 13.6. The van der Waals surface area contributed by atoms with Crippen molar-refractivity contribution in [1.29, 1.82) is 0 Å². The van der Waals surface area contributed by atoms with E-state index in [1.165, 1.54) is 5.56 Å². The number of anilines is 1. The first-order valence-electron chi connectivity index (χ1n) is 9.49. The molecule has 1 unspecified atom stereocenters. The smallest absolute Gasteiger partial charge is 0.319 e. The number of amides is 2. The largest absolute Gasteiger partial charge is 0.467 e. The summed E-state index contributed by atoms with van der Waals surface area (Å²) in [4.78, 5) is 12.3. The van der Waals surface area contributed by atoms with Crippen molar-refractivity contribution in [3.63, 3.8) is 0 Å². The Hall–Kier alpha value is -3.05. The molecule has 5 heteroatoms. The average Bonchev–Trinajstić information content (AvgIpc) is 3.22. The average molecular weight is 378 g/mol. The third kappa shape index (κ3) is 5.72. The van der Waals surface area contributed by atoms with Crippen molar-refractivity contribution in [2.45, 2.75) is 39.5 Å². The molecule has 28 heavy (non-hydrogen) atoms. The molecule has 146 valence electrons. The highest BCUT2D eigenvalue weighted by atomic mass is 16.5. The highest BCUT2D eigenvalue weighted by Crippen LogP contribution is 2.16. The molecule has 0 bridgehead atoms. The van der Waals surface area contributed by atoms with Crippen LogP contribution in [0.25, 0.3) is 0 Å². The lowest BCUT2D eigenvalue weighted by Gasteiger charge is -2.16. The minimum Gasteiger partial charge on any atom is -0.467 e. The SMILES string of the molecule is CCc1ccc(C(C)NC(=O)Nc2cccc(COCc3ccco3)c2)cc1. The van der Waals surface area contributed by atoms with Gasteiger partial charge in [0.1, 0.15) is 12.4 Å². The number of furan rings is 1. The molecule has 0 spiro atoms. The molecule has 1 heterocycles. The third-order valence-corrected chi connectivity index (χ3v) is 4.51. The second kappa shape index (κ2) is 9.76. The van der Waals surface area contributed by atoms with Crippen LogP contribution >= 0.6 is 0 Å². The molecule has 0 saturated carbocycles. The van der Waals surface area contributed by atoms with Crippen LogP contribution in [0.15, 0.2) is 71.3 Å². The van der Waals surface area contributed by atoms with Crippen molar-refractivity contribution < 1.29 is 13.9 Å². The summed E-state index contributed by atoms with van der Waals surface area (Å²) in [6.07, 6.45) is 2.63. The molecule has 5 nitrogen and oxygen atoms in total. The van der Waals surface area contributed by atoms with Gasteiger partial charge in [-0.25, -0.2) is 4.79 Å². The Balaban J connectivity index is 1.50. The fraction of sp³-hybridized carbons (Fsp3) is 0.261. The van der Waals surface area contributed by atoms with Crippen LogP contribution < -0.4 is 10.6 Å². The molecule has 0 aliphatic rings. The number of hydrogen-bond donors (Lipinski definition) is 2. The van der Waals surface area contributed by atoms with Crippen LogP contribution in [0.5, 0.6) is 0 Å². The predicted octanol–water partition coefficient (Wildman–Crippen LogP) is 5.44. The van der Waals surface area contributed by atoms with Crippen LogP contribution in [0, 0.1) is 0 Å². The molecular weight excluding hydrogens is 352 g/mol. The molecule has 3 rings (SSSR count). The van der Waals surface area contributed by atoms with Crippen LogP contribution in [0.3, 0.4) is 0 Å². The molecule has 0 fully saturated rings.